The van der Waals surface area contributed by atoms with Crippen LogP contribution in [0, 0.1) is 0 Å². The summed E-state index contributed by atoms with van der Waals surface area (Å²) in [5, 5.41) is 7.70. The predicted molar refractivity (Wildman–Crippen MR) is 54.1 cm³/mol. The van der Waals surface area contributed by atoms with Gasteiger partial charge in [-0.1, -0.05) is 6.08 Å². The number of hydrogen-bond donors (Lipinski definition) is 0. The largest absolute Gasteiger partial charge is 0.249 e. The van der Waals surface area contributed by atoms with Crippen molar-refractivity contribution in [2.75, 3.05) is 6.26 Å². The average molecular weight is 180 g/mol. The lowest BCUT2D eigenvalue weighted by atomic mass is 9.99. The highest BCUT2D eigenvalue weighted by Crippen LogP contribution is 2.38. The van der Waals surface area contributed by atoms with E-state index in [4.69, 9.17) is 0 Å². The standard InChI is InChI=1S/C9H12N2S/c1-9-5-3-7-10-11(9)8(12-2)4-6-9/h3-5,7H,6H2,1-2H3. The van der Waals surface area contributed by atoms with Gasteiger partial charge in [0.05, 0.1) is 10.6 Å². The number of nitrogens with zero attached hydrogens (tertiary/aromatic N) is 2. The molecule has 0 saturated carbocycles. The smallest absolute Gasteiger partial charge is 0.0892 e. The van der Waals surface area contributed by atoms with E-state index in [1.54, 1.807) is 11.8 Å². The first-order valence-electron chi connectivity index (χ1n) is 4.02. The van der Waals surface area contributed by atoms with Crippen LogP contribution < -0.4 is 0 Å². The van der Waals surface area contributed by atoms with Gasteiger partial charge >= 0.3 is 0 Å². The molecule has 1 atom stereocenters. The minimum Gasteiger partial charge on any atom is -0.249 e. The van der Waals surface area contributed by atoms with Crippen molar-refractivity contribution in [2.24, 2.45) is 5.10 Å². The molecule has 64 valence electrons. The number of thioether (sulfide) groups is 1. The molecule has 0 amide bonds. The van der Waals surface area contributed by atoms with Gasteiger partial charge in [0.2, 0.25) is 0 Å². The molecular weight excluding hydrogens is 168 g/mol. The monoisotopic (exact) mass is 180 g/mol. The summed E-state index contributed by atoms with van der Waals surface area (Å²) in [4.78, 5) is 0. The first-order valence-corrected chi connectivity index (χ1v) is 5.25. The van der Waals surface area contributed by atoms with Crippen LogP contribution in [0.3, 0.4) is 0 Å². The molecule has 0 N–H and O–H groups in total. The molecule has 1 unspecified atom stereocenters. The minimum absolute atomic E-state index is 0.104. The Labute approximate surface area is 77.0 Å². The molecule has 3 heteroatoms. The van der Waals surface area contributed by atoms with Crippen LogP contribution in [0.25, 0.3) is 0 Å². The van der Waals surface area contributed by atoms with Gasteiger partial charge in [-0.15, -0.1) is 11.8 Å². The van der Waals surface area contributed by atoms with Crippen molar-refractivity contribution in [3.63, 3.8) is 0 Å². The maximum atomic E-state index is 4.35. The maximum Gasteiger partial charge on any atom is 0.0892 e. The topological polar surface area (TPSA) is 15.6 Å². The summed E-state index contributed by atoms with van der Waals surface area (Å²) < 4.78 is 0. The van der Waals surface area contributed by atoms with Crippen LogP contribution in [0.2, 0.25) is 0 Å². The highest BCUT2D eigenvalue weighted by Gasteiger charge is 2.35. The summed E-state index contributed by atoms with van der Waals surface area (Å²) in [5.74, 6) is 0. The SMILES string of the molecule is CSC1=CCC2(C)C=CC=NN12. The van der Waals surface area contributed by atoms with Gasteiger partial charge in [-0.3, -0.25) is 0 Å². The van der Waals surface area contributed by atoms with Gasteiger partial charge in [-0.05, 0) is 31.8 Å². The lowest BCUT2D eigenvalue weighted by Crippen LogP contribution is -2.37. The zero-order valence-corrected chi connectivity index (χ0v) is 8.14. The van der Waals surface area contributed by atoms with E-state index in [1.165, 1.54) is 5.03 Å². The number of hydrazone groups is 1. The Morgan fingerprint density at radius 3 is 3.25 bits per heavy atom. The fourth-order valence-electron chi connectivity index (χ4n) is 1.57. The van der Waals surface area contributed by atoms with Crippen LogP contribution in [-0.2, 0) is 0 Å². The molecule has 0 bridgehead atoms. The fourth-order valence-corrected chi connectivity index (χ4v) is 2.25. The van der Waals surface area contributed by atoms with Crippen molar-refractivity contribution in [3.8, 4) is 0 Å². The van der Waals surface area contributed by atoms with Crippen molar-refractivity contribution in [1.29, 1.82) is 0 Å². The molecule has 2 aliphatic rings. The van der Waals surface area contributed by atoms with Crippen LogP contribution >= 0.6 is 11.8 Å². The zero-order valence-electron chi connectivity index (χ0n) is 7.32. The average Bonchev–Trinajstić information content (AvgIpc) is 2.41. The fraction of sp³-hybridized carbons (Fsp3) is 0.444. The molecule has 0 aliphatic carbocycles. The van der Waals surface area contributed by atoms with Crippen LogP contribution in [0.4, 0.5) is 0 Å². The van der Waals surface area contributed by atoms with E-state index >= 15 is 0 Å². The highest BCUT2D eigenvalue weighted by molar-refractivity contribution is 8.02. The molecule has 2 nitrogen and oxygen atoms in total. The summed E-state index contributed by atoms with van der Waals surface area (Å²) in [5.41, 5.74) is 0.104. The third-order valence-corrected chi connectivity index (χ3v) is 3.07. The van der Waals surface area contributed by atoms with E-state index in [9.17, 15) is 0 Å². The van der Waals surface area contributed by atoms with Gasteiger partial charge in [0, 0.05) is 6.21 Å². The Balaban J connectivity index is 2.31. The normalized spacial score (nSPS) is 32.2. The van der Waals surface area contributed by atoms with Crippen molar-refractivity contribution in [2.45, 2.75) is 18.9 Å². The molecule has 2 rings (SSSR count). The van der Waals surface area contributed by atoms with Crippen molar-refractivity contribution < 1.29 is 0 Å². The molecule has 0 fully saturated rings. The number of allylic oxidation sites excluding steroid dienone is 1. The molecular formula is C9H12N2S. The van der Waals surface area contributed by atoms with Crippen LogP contribution in [-0.4, -0.2) is 23.0 Å². The molecule has 0 aromatic carbocycles. The second kappa shape index (κ2) is 2.66. The van der Waals surface area contributed by atoms with E-state index in [0.717, 1.165) is 6.42 Å². The summed E-state index contributed by atoms with van der Waals surface area (Å²) in [7, 11) is 0. The second-order valence-corrected chi connectivity index (χ2v) is 4.07. The summed E-state index contributed by atoms with van der Waals surface area (Å²) in [6.07, 6.45) is 11.5. The van der Waals surface area contributed by atoms with E-state index < -0.39 is 0 Å². The quantitative estimate of drug-likeness (QED) is 0.615. The van der Waals surface area contributed by atoms with E-state index in [-0.39, 0.29) is 5.54 Å². The number of fused-ring (bicyclic) bond motifs is 1. The summed E-state index contributed by atoms with van der Waals surface area (Å²) in [6, 6.07) is 0. The van der Waals surface area contributed by atoms with Gasteiger partial charge in [-0.2, -0.15) is 5.10 Å². The lowest BCUT2D eigenvalue weighted by Gasteiger charge is -2.33. The van der Waals surface area contributed by atoms with Gasteiger partial charge in [-0.25, -0.2) is 5.01 Å². The summed E-state index contributed by atoms with van der Waals surface area (Å²) >= 11 is 1.76. The highest BCUT2D eigenvalue weighted by atomic mass is 32.2. The molecule has 0 aromatic rings. The molecule has 0 spiro atoms. The van der Waals surface area contributed by atoms with E-state index in [1.807, 2.05) is 12.3 Å². The predicted octanol–water partition coefficient (Wildman–Crippen LogP) is 2.21. The Kier molecular flexibility index (Phi) is 1.76. The first-order chi connectivity index (χ1) is 5.76. The summed E-state index contributed by atoms with van der Waals surface area (Å²) in [6.45, 7) is 2.21. The molecule has 2 aliphatic heterocycles. The molecule has 0 aromatic heterocycles. The van der Waals surface area contributed by atoms with Crippen LogP contribution in [0.15, 0.2) is 28.4 Å². The van der Waals surface area contributed by atoms with Crippen molar-refractivity contribution in [3.05, 3.63) is 23.3 Å². The molecule has 0 radical (unpaired) electrons. The Morgan fingerprint density at radius 2 is 2.50 bits per heavy atom. The molecule has 12 heavy (non-hydrogen) atoms. The third kappa shape index (κ3) is 1.00. The van der Waals surface area contributed by atoms with E-state index in [2.05, 4.69) is 35.4 Å². The minimum atomic E-state index is 0.104. The maximum absolute atomic E-state index is 4.35. The molecule has 2 heterocycles. The number of hydrogen-bond acceptors (Lipinski definition) is 3. The van der Waals surface area contributed by atoms with Crippen molar-refractivity contribution >= 4 is 18.0 Å². The first kappa shape index (κ1) is 7.92. The van der Waals surface area contributed by atoms with Gasteiger partial charge < -0.3 is 0 Å². The Morgan fingerprint density at radius 1 is 1.67 bits per heavy atom. The Bertz CT molecular complexity index is 280. The number of rotatable bonds is 1. The second-order valence-electron chi connectivity index (χ2n) is 3.24. The van der Waals surface area contributed by atoms with Crippen LogP contribution in [0.5, 0.6) is 0 Å². The molecule has 0 saturated heterocycles. The van der Waals surface area contributed by atoms with Gasteiger partial charge in [0.1, 0.15) is 0 Å². The van der Waals surface area contributed by atoms with Crippen molar-refractivity contribution in [1.82, 2.24) is 5.01 Å². The zero-order chi connectivity index (χ0) is 8.60. The van der Waals surface area contributed by atoms with Gasteiger partial charge in [0.25, 0.3) is 0 Å². The van der Waals surface area contributed by atoms with Crippen LogP contribution in [0.1, 0.15) is 13.3 Å². The van der Waals surface area contributed by atoms with Gasteiger partial charge in [0.15, 0.2) is 0 Å². The Hall–Kier alpha value is -0.700. The third-order valence-electron chi connectivity index (χ3n) is 2.32. The van der Waals surface area contributed by atoms with E-state index in [0.29, 0.717) is 0 Å². The lowest BCUT2D eigenvalue weighted by molar-refractivity contribution is 0.244.